The van der Waals surface area contributed by atoms with Crippen LogP contribution in [-0.4, -0.2) is 11.8 Å². The highest BCUT2D eigenvalue weighted by Gasteiger charge is 2.41. The van der Waals surface area contributed by atoms with Gasteiger partial charge in [0.15, 0.2) is 0 Å². The molecule has 162 valence electrons. The fourth-order valence-electron chi connectivity index (χ4n) is 3.53. The lowest BCUT2D eigenvalue weighted by Crippen LogP contribution is -2.31. The molecule has 0 saturated carbocycles. The van der Waals surface area contributed by atoms with Crippen molar-refractivity contribution in [3.05, 3.63) is 111 Å². The normalized spacial score (nSPS) is 13.9. The van der Waals surface area contributed by atoms with Crippen LogP contribution in [0.2, 0.25) is 10.0 Å². The van der Waals surface area contributed by atoms with Crippen LogP contribution in [0, 0.1) is 0 Å². The van der Waals surface area contributed by atoms with E-state index in [1.807, 2.05) is 60.7 Å². The summed E-state index contributed by atoms with van der Waals surface area (Å²) in [6.45, 7) is 0. The number of rotatable bonds is 5. The van der Waals surface area contributed by atoms with Crippen molar-refractivity contribution in [2.45, 2.75) is 9.79 Å². The third kappa shape index (κ3) is 4.42. The number of nitrogens with zero attached hydrogens (tertiary/aromatic N) is 1. The molecule has 4 aromatic rings. The van der Waals surface area contributed by atoms with Crippen molar-refractivity contribution in [3.8, 4) is 0 Å². The van der Waals surface area contributed by atoms with E-state index in [9.17, 15) is 9.59 Å². The summed E-state index contributed by atoms with van der Waals surface area (Å²) in [6.07, 6.45) is 0. The highest BCUT2D eigenvalue weighted by atomic mass is 35.5. The van der Waals surface area contributed by atoms with Crippen LogP contribution >= 0.6 is 46.7 Å². The van der Waals surface area contributed by atoms with Crippen molar-refractivity contribution >= 4 is 75.0 Å². The zero-order valence-electron chi connectivity index (χ0n) is 17.0. The van der Waals surface area contributed by atoms with Gasteiger partial charge >= 0.3 is 0 Å². The molecule has 0 saturated heterocycles. The van der Waals surface area contributed by atoms with Gasteiger partial charge in [-0.25, -0.2) is 4.90 Å². The molecule has 0 N–H and O–H groups in total. The Hall–Kier alpha value is -2.70. The lowest BCUT2D eigenvalue weighted by molar-refractivity contribution is -0.120. The van der Waals surface area contributed by atoms with Crippen LogP contribution in [0.25, 0.3) is 10.8 Å². The van der Waals surface area contributed by atoms with Crippen LogP contribution in [0.3, 0.4) is 0 Å². The number of anilines is 1. The third-order valence-electron chi connectivity index (χ3n) is 5.08. The second kappa shape index (κ2) is 9.27. The topological polar surface area (TPSA) is 37.4 Å². The number of carbonyl (C=O) groups excluding carboxylic acids is 2. The van der Waals surface area contributed by atoms with Gasteiger partial charge in [-0.05, 0) is 60.0 Å². The Morgan fingerprint density at radius 2 is 1.06 bits per heavy atom. The SMILES string of the molecule is O=C1C(Sc2ccc(Cl)cc2)=C(Sc2ccc(Cl)cc2)C(=O)N1c1cccc2ccccc12. The summed E-state index contributed by atoms with van der Waals surface area (Å²) in [7, 11) is 0. The van der Waals surface area contributed by atoms with Crippen LogP contribution in [0.4, 0.5) is 5.69 Å². The lowest BCUT2D eigenvalue weighted by atomic mass is 10.1. The number of hydrogen-bond donors (Lipinski definition) is 0. The number of amides is 2. The van der Waals surface area contributed by atoms with Gasteiger partial charge in [-0.1, -0.05) is 83.1 Å². The first-order valence-corrected chi connectivity index (χ1v) is 12.4. The molecule has 0 fully saturated rings. The maximum absolute atomic E-state index is 13.7. The fourth-order valence-corrected chi connectivity index (χ4v) is 5.77. The van der Waals surface area contributed by atoms with Crippen LogP contribution in [-0.2, 0) is 9.59 Å². The minimum Gasteiger partial charge on any atom is -0.268 e. The molecule has 0 unspecified atom stereocenters. The summed E-state index contributed by atoms with van der Waals surface area (Å²) >= 11 is 14.6. The Bertz CT molecular complexity index is 1340. The van der Waals surface area contributed by atoms with Gasteiger partial charge in [-0.3, -0.25) is 9.59 Å². The standard InChI is InChI=1S/C26H15Cl2NO2S2/c27-17-8-12-19(13-9-17)32-23-24(33-20-14-10-18(28)11-15-20)26(31)29(25(23)30)22-7-3-5-16-4-1-2-6-21(16)22/h1-15H. The van der Waals surface area contributed by atoms with E-state index in [4.69, 9.17) is 23.2 Å². The Balaban J connectivity index is 1.59. The van der Waals surface area contributed by atoms with Crippen molar-refractivity contribution in [3.63, 3.8) is 0 Å². The van der Waals surface area contributed by atoms with Gasteiger partial charge in [0.05, 0.1) is 15.5 Å². The van der Waals surface area contributed by atoms with Gasteiger partial charge < -0.3 is 0 Å². The Kier molecular flexibility index (Phi) is 6.21. The quantitative estimate of drug-likeness (QED) is 0.258. The summed E-state index contributed by atoms with van der Waals surface area (Å²) in [5.74, 6) is -0.680. The maximum Gasteiger partial charge on any atom is 0.273 e. The van der Waals surface area contributed by atoms with E-state index < -0.39 is 0 Å². The smallest absolute Gasteiger partial charge is 0.268 e. The van der Waals surface area contributed by atoms with Gasteiger partial charge in [0.2, 0.25) is 0 Å². The first-order valence-electron chi connectivity index (χ1n) is 9.99. The van der Waals surface area contributed by atoms with Gasteiger partial charge in [-0.15, -0.1) is 0 Å². The first-order chi connectivity index (χ1) is 16.0. The van der Waals surface area contributed by atoms with E-state index in [0.717, 1.165) is 20.6 Å². The van der Waals surface area contributed by atoms with Crippen LogP contribution in [0.15, 0.2) is 111 Å². The van der Waals surface area contributed by atoms with E-state index in [1.165, 1.54) is 28.4 Å². The molecule has 4 aromatic carbocycles. The number of carbonyl (C=O) groups is 2. The maximum atomic E-state index is 13.7. The number of thioether (sulfide) groups is 2. The molecule has 33 heavy (non-hydrogen) atoms. The lowest BCUT2D eigenvalue weighted by Gasteiger charge is -2.17. The second-order valence-electron chi connectivity index (χ2n) is 7.21. The summed E-state index contributed by atoms with van der Waals surface area (Å²) in [5, 5.41) is 3.02. The first kappa shape index (κ1) is 22.1. The fraction of sp³-hybridized carbons (Fsp3) is 0. The molecule has 1 aliphatic rings. The molecule has 3 nitrogen and oxygen atoms in total. The molecule has 7 heteroatoms. The highest BCUT2D eigenvalue weighted by Crippen LogP contribution is 2.45. The Labute approximate surface area is 209 Å². The molecule has 5 rings (SSSR count). The van der Waals surface area contributed by atoms with Crippen molar-refractivity contribution in [2.24, 2.45) is 0 Å². The van der Waals surface area contributed by atoms with E-state index in [-0.39, 0.29) is 11.8 Å². The zero-order chi connectivity index (χ0) is 22.9. The number of fused-ring (bicyclic) bond motifs is 1. The van der Waals surface area contributed by atoms with Gasteiger partial charge in [0.1, 0.15) is 0 Å². The van der Waals surface area contributed by atoms with E-state index in [0.29, 0.717) is 25.5 Å². The molecular weight excluding hydrogens is 493 g/mol. The van der Waals surface area contributed by atoms with Crippen LogP contribution in [0.5, 0.6) is 0 Å². The van der Waals surface area contributed by atoms with E-state index in [2.05, 4.69) is 0 Å². The molecule has 0 atom stereocenters. The van der Waals surface area contributed by atoms with Gasteiger partial charge in [-0.2, -0.15) is 0 Å². The van der Waals surface area contributed by atoms with E-state index >= 15 is 0 Å². The molecule has 0 aliphatic carbocycles. The summed E-state index contributed by atoms with van der Waals surface area (Å²) in [6, 6.07) is 27.7. The molecule has 0 bridgehead atoms. The Morgan fingerprint density at radius 1 is 0.576 bits per heavy atom. The van der Waals surface area contributed by atoms with E-state index in [1.54, 1.807) is 30.3 Å². The number of benzene rings is 4. The monoisotopic (exact) mass is 507 g/mol. The molecule has 2 amide bonds. The average molecular weight is 508 g/mol. The predicted molar refractivity (Wildman–Crippen MR) is 138 cm³/mol. The number of hydrogen-bond acceptors (Lipinski definition) is 4. The van der Waals surface area contributed by atoms with Crippen molar-refractivity contribution < 1.29 is 9.59 Å². The third-order valence-corrected chi connectivity index (χ3v) is 7.89. The van der Waals surface area contributed by atoms with Gasteiger partial charge in [0, 0.05) is 25.2 Å². The molecule has 1 heterocycles. The zero-order valence-corrected chi connectivity index (χ0v) is 20.1. The average Bonchev–Trinajstić information content (AvgIpc) is 3.05. The molecule has 0 radical (unpaired) electrons. The highest BCUT2D eigenvalue weighted by molar-refractivity contribution is 8.08. The molecule has 1 aliphatic heterocycles. The van der Waals surface area contributed by atoms with Crippen molar-refractivity contribution in [2.75, 3.05) is 4.90 Å². The summed E-state index contributed by atoms with van der Waals surface area (Å²) in [5.41, 5.74) is 0.573. The van der Waals surface area contributed by atoms with Crippen molar-refractivity contribution in [1.29, 1.82) is 0 Å². The van der Waals surface area contributed by atoms with Crippen molar-refractivity contribution in [1.82, 2.24) is 0 Å². The van der Waals surface area contributed by atoms with Crippen LogP contribution in [0.1, 0.15) is 0 Å². The van der Waals surface area contributed by atoms with Crippen LogP contribution < -0.4 is 4.90 Å². The predicted octanol–water partition coefficient (Wildman–Crippen LogP) is 7.82. The minimum atomic E-state index is -0.340. The molecular formula is C26H15Cl2NO2S2. The minimum absolute atomic E-state index is 0.340. The molecule has 0 aromatic heterocycles. The largest absolute Gasteiger partial charge is 0.273 e. The summed E-state index contributed by atoms with van der Waals surface area (Å²) in [4.78, 5) is 31.0. The Morgan fingerprint density at radius 3 is 1.61 bits per heavy atom. The number of imide groups is 1. The van der Waals surface area contributed by atoms with Gasteiger partial charge in [0.25, 0.3) is 11.8 Å². The second-order valence-corrected chi connectivity index (χ2v) is 10.3. The number of halogens is 2. The summed E-state index contributed by atoms with van der Waals surface area (Å²) < 4.78 is 0. The molecule has 0 spiro atoms.